The molecular formula is C26H30N2O6. The van der Waals surface area contributed by atoms with Gasteiger partial charge in [0.1, 0.15) is 24.2 Å². The zero-order valence-corrected chi connectivity index (χ0v) is 19.6. The molecule has 1 aliphatic carbocycles. The fraction of sp³-hybridized carbons (Fsp3) is 0.462. The van der Waals surface area contributed by atoms with Crippen LogP contribution in [0.5, 0.6) is 11.5 Å². The third kappa shape index (κ3) is 4.12. The molecule has 5 atom stereocenters. The van der Waals surface area contributed by atoms with Gasteiger partial charge in [0.25, 0.3) is 11.8 Å². The van der Waals surface area contributed by atoms with Gasteiger partial charge in [-0.2, -0.15) is 0 Å². The number of hydrogen-bond acceptors (Lipinski definition) is 6. The first-order valence-corrected chi connectivity index (χ1v) is 11.7. The Balaban J connectivity index is 1.47. The quantitative estimate of drug-likeness (QED) is 0.580. The molecule has 8 nitrogen and oxygen atoms in total. The van der Waals surface area contributed by atoms with Crippen LogP contribution in [0.3, 0.4) is 0 Å². The summed E-state index contributed by atoms with van der Waals surface area (Å²) in [5.41, 5.74) is 2.65. The summed E-state index contributed by atoms with van der Waals surface area (Å²) in [7, 11) is 3.21. The minimum absolute atomic E-state index is 0.143. The predicted octanol–water partition coefficient (Wildman–Crippen LogP) is 2.36. The predicted molar refractivity (Wildman–Crippen MR) is 125 cm³/mol. The summed E-state index contributed by atoms with van der Waals surface area (Å²) < 4.78 is 22.5. The summed E-state index contributed by atoms with van der Waals surface area (Å²) in [5.74, 6) is 1.44. The highest BCUT2D eigenvalue weighted by molar-refractivity contribution is 6.02. The van der Waals surface area contributed by atoms with Crippen molar-refractivity contribution < 1.29 is 28.5 Å². The van der Waals surface area contributed by atoms with E-state index in [0.717, 1.165) is 16.9 Å². The van der Waals surface area contributed by atoms with Gasteiger partial charge in [-0.1, -0.05) is 12.1 Å². The van der Waals surface area contributed by atoms with E-state index in [1.165, 1.54) is 0 Å². The van der Waals surface area contributed by atoms with E-state index in [-0.39, 0.29) is 29.9 Å². The third-order valence-corrected chi connectivity index (χ3v) is 6.98. The van der Waals surface area contributed by atoms with Gasteiger partial charge in [0, 0.05) is 49.1 Å². The number of ether oxygens (including phenoxy) is 4. The smallest absolute Gasteiger partial charge is 0.254 e. The summed E-state index contributed by atoms with van der Waals surface area (Å²) in [6.45, 7) is 4.31. The van der Waals surface area contributed by atoms with E-state index in [0.29, 0.717) is 55.1 Å². The maximum Gasteiger partial charge on any atom is 0.254 e. The van der Waals surface area contributed by atoms with Crippen molar-refractivity contribution in [3.63, 3.8) is 0 Å². The Kier molecular flexibility index (Phi) is 6.18. The molecule has 5 rings (SSSR count). The van der Waals surface area contributed by atoms with Crippen molar-refractivity contribution >= 4 is 11.8 Å². The Labute approximate surface area is 198 Å². The second-order valence-corrected chi connectivity index (χ2v) is 9.10. The van der Waals surface area contributed by atoms with Gasteiger partial charge >= 0.3 is 0 Å². The summed E-state index contributed by atoms with van der Waals surface area (Å²) in [6.07, 6.45) is -0.217. The van der Waals surface area contributed by atoms with Crippen LogP contribution in [0.25, 0.3) is 0 Å². The van der Waals surface area contributed by atoms with E-state index >= 15 is 0 Å². The Morgan fingerprint density at radius 2 is 1.88 bits per heavy atom. The SMILES string of the molecule is CNC(=O)c1cc(C(=O)NC2C3COC[C@H]32)cc2c1O[C@H](C)[C@H]2c1cccc(OCCOC)c1. The molecule has 0 spiro atoms. The minimum Gasteiger partial charge on any atom is -0.491 e. The molecule has 1 saturated heterocycles. The highest BCUT2D eigenvalue weighted by Gasteiger charge is 2.54. The van der Waals surface area contributed by atoms with Crippen LogP contribution in [0.2, 0.25) is 0 Å². The number of nitrogens with one attached hydrogen (secondary N) is 2. The van der Waals surface area contributed by atoms with Crippen molar-refractivity contribution in [2.24, 2.45) is 11.8 Å². The molecule has 2 amide bonds. The largest absolute Gasteiger partial charge is 0.491 e. The molecule has 3 aliphatic rings. The maximum atomic E-state index is 13.2. The number of amides is 2. The molecule has 34 heavy (non-hydrogen) atoms. The van der Waals surface area contributed by atoms with E-state index < -0.39 is 0 Å². The van der Waals surface area contributed by atoms with Crippen molar-refractivity contribution in [1.29, 1.82) is 0 Å². The Morgan fingerprint density at radius 1 is 1.09 bits per heavy atom. The number of rotatable bonds is 8. The average Bonchev–Trinajstić information content (AvgIpc) is 3.15. The van der Waals surface area contributed by atoms with Gasteiger partial charge < -0.3 is 29.6 Å². The number of fused-ring (bicyclic) bond motifs is 2. The van der Waals surface area contributed by atoms with Gasteiger partial charge in [-0.3, -0.25) is 9.59 Å². The molecule has 2 aliphatic heterocycles. The second kappa shape index (κ2) is 9.27. The summed E-state index contributed by atoms with van der Waals surface area (Å²) in [4.78, 5) is 25.9. The number of carbonyl (C=O) groups is 2. The van der Waals surface area contributed by atoms with Crippen LogP contribution in [0.1, 0.15) is 44.7 Å². The molecule has 180 valence electrons. The van der Waals surface area contributed by atoms with Gasteiger partial charge in [0.15, 0.2) is 0 Å². The van der Waals surface area contributed by atoms with Gasteiger partial charge in [0.2, 0.25) is 0 Å². The molecule has 2 heterocycles. The van der Waals surface area contributed by atoms with E-state index in [2.05, 4.69) is 10.6 Å². The monoisotopic (exact) mass is 466 g/mol. The second-order valence-electron chi connectivity index (χ2n) is 9.10. The average molecular weight is 467 g/mol. The number of carbonyl (C=O) groups excluding carboxylic acids is 2. The Bertz CT molecular complexity index is 1090. The molecule has 2 N–H and O–H groups in total. The molecule has 0 aromatic heterocycles. The fourth-order valence-electron chi connectivity index (χ4n) is 5.13. The van der Waals surface area contributed by atoms with Crippen LogP contribution in [0.4, 0.5) is 0 Å². The first-order valence-electron chi connectivity index (χ1n) is 11.7. The highest BCUT2D eigenvalue weighted by Crippen LogP contribution is 2.46. The first-order chi connectivity index (χ1) is 16.5. The molecule has 1 saturated carbocycles. The topological polar surface area (TPSA) is 95.1 Å². The molecular weight excluding hydrogens is 436 g/mol. The highest BCUT2D eigenvalue weighted by atomic mass is 16.5. The van der Waals surface area contributed by atoms with E-state index in [4.69, 9.17) is 18.9 Å². The molecule has 2 aromatic carbocycles. The summed E-state index contributed by atoms with van der Waals surface area (Å²) >= 11 is 0. The molecule has 8 heteroatoms. The van der Waals surface area contributed by atoms with Crippen LogP contribution >= 0.6 is 0 Å². The molecule has 2 fully saturated rings. The van der Waals surface area contributed by atoms with Crippen LogP contribution in [-0.4, -0.2) is 64.5 Å². The van der Waals surface area contributed by atoms with Gasteiger partial charge in [-0.15, -0.1) is 0 Å². The van der Waals surface area contributed by atoms with Crippen molar-refractivity contribution in [1.82, 2.24) is 10.6 Å². The Hall–Kier alpha value is -3.10. The van der Waals surface area contributed by atoms with Crippen molar-refractivity contribution in [3.8, 4) is 11.5 Å². The zero-order valence-electron chi connectivity index (χ0n) is 19.6. The number of methoxy groups -OCH3 is 1. The van der Waals surface area contributed by atoms with Crippen LogP contribution < -0.4 is 20.1 Å². The zero-order chi connectivity index (χ0) is 23.8. The Morgan fingerprint density at radius 3 is 2.62 bits per heavy atom. The van der Waals surface area contributed by atoms with Crippen molar-refractivity contribution in [2.75, 3.05) is 40.6 Å². The lowest BCUT2D eigenvalue weighted by atomic mass is 9.86. The van der Waals surface area contributed by atoms with Crippen molar-refractivity contribution in [3.05, 3.63) is 58.7 Å². The van der Waals surface area contributed by atoms with E-state index in [1.807, 2.05) is 37.3 Å². The molecule has 0 radical (unpaired) electrons. The van der Waals surface area contributed by atoms with Crippen LogP contribution in [0, 0.1) is 11.8 Å². The maximum absolute atomic E-state index is 13.2. The first kappa shape index (κ1) is 22.7. The lowest BCUT2D eigenvalue weighted by molar-refractivity contribution is 0.0928. The normalized spacial score (nSPS) is 26.3. The van der Waals surface area contributed by atoms with E-state index in [9.17, 15) is 9.59 Å². The van der Waals surface area contributed by atoms with Crippen LogP contribution in [-0.2, 0) is 9.47 Å². The van der Waals surface area contributed by atoms with Gasteiger partial charge in [-0.25, -0.2) is 0 Å². The standard InChI is InChI=1S/C26H30N2O6/c1-14-22(15-5-4-6-17(9-15)33-8-7-31-3)18-10-16(11-19(24(18)34-14)26(30)27-2)25(29)28-23-20-12-32-13-21(20)23/h4-6,9-11,14,20-23H,7-8,12-13H2,1-3H3,(H,27,30)(H,28,29)/t14-,20-,21?,22+,23?/m1/s1. The van der Waals surface area contributed by atoms with Crippen LogP contribution in [0.15, 0.2) is 36.4 Å². The summed E-state index contributed by atoms with van der Waals surface area (Å²) in [5, 5.41) is 5.80. The number of benzene rings is 2. The molecule has 2 unspecified atom stereocenters. The van der Waals surface area contributed by atoms with E-state index in [1.54, 1.807) is 20.2 Å². The molecule has 0 bridgehead atoms. The van der Waals surface area contributed by atoms with Gasteiger partial charge in [0.05, 0.1) is 25.4 Å². The third-order valence-electron chi connectivity index (χ3n) is 6.98. The summed E-state index contributed by atoms with van der Waals surface area (Å²) in [6, 6.07) is 11.5. The van der Waals surface area contributed by atoms with Gasteiger partial charge in [-0.05, 0) is 36.8 Å². The number of hydrogen-bond donors (Lipinski definition) is 2. The minimum atomic E-state index is -0.285. The molecule has 2 aromatic rings. The fourth-order valence-corrected chi connectivity index (χ4v) is 5.13. The van der Waals surface area contributed by atoms with Crippen molar-refractivity contribution in [2.45, 2.75) is 25.0 Å². The lowest BCUT2D eigenvalue weighted by Crippen LogP contribution is -2.30. The lowest BCUT2D eigenvalue weighted by Gasteiger charge is -2.17.